The van der Waals surface area contributed by atoms with Crippen molar-refractivity contribution in [3.63, 3.8) is 0 Å². The van der Waals surface area contributed by atoms with Crippen LogP contribution in [0.25, 0.3) is 0 Å². The van der Waals surface area contributed by atoms with Gasteiger partial charge in [0.05, 0.1) is 7.11 Å². The summed E-state index contributed by atoms with van der Waals surface area (Å²) < 4.78 is 32.4. The van der Waals surface area contributed by atoms with E-state index in [1.807, 2.05) is 6.92 Å². The Hall–Kier alpha value is -1.16. The quantitative estimate of drug-likeness (QED) is 0.819. The Balaban J connectivity index is 2.72. The van der Waals surface area contributed by atoms with Crippen molar-refractivity contribution in [1.82, 2.24) is 5.32 Å². The van der Waals surface area contributed by atoms with Crippen molar-refractivity contribution in [2.24, 2.45) is 5.41 Å². The minimum atomic E-state index is -0.531. The molecule has 0 heterocycles. The van der Waals surface area contributed by atoms with Gasteiger partial charge in [-0.1, -0.05) is 20.8 Å². The first-order valence-electron chi connectivity index (χ1n) is 6.62. The highest BCUT2D eigenvalue weighted by molar-refractivity contribution is 5.30. The monoisotopic (exact) mass is 271 g/mol. The van der Waals surface area contributed by atoms with Crippen molar-refractivity contribution in [3.05, 3.63) is 29.3 Å². The lowest BCUT2D eigenvalue weighted by Gasteiger charge is -2.25. The molecule has 0 unspecified atom stereocenters. The second kappa shape index (κ2) is 6.85. The lowest BCUT2D eigenvalue weighted by atomic mass is 9.86. The van der Waals surface area contributed by atoms with Gasteiger partial charge in [-0.15, -0.1) is 0 Å². The summed E-state index contributed by atoms with van der Waals surface area (Å²) in [7, 11) is 1.40. The first kappa shape index (κ1) is 15.9. The van der Waals surface area contributed by atoms with Crippen LogP contribution in [0.1, 0.15) is 32.8 Å². The molecule has 0 aliphatic heterocycles. The molecule has 1 aromatic carbocycles. The van der Waals surface area contributed by atoms with Crippen molar-refractivity contribution in [2.75, 3.05) is 20.2 Å². The van der Waals surface area contributed by atoms with Gasteiger partial charge in [0, 0.05) is 24.2 Å². The van der Waals surface area contributed by atoms with E-state index in [0.717, 1.165) is 19.5 Å². The van der Waals surface area contributed by atoms with Gasteiger partial charge in [0.1, 0.15) is 17.4 Å². The minimum absolute atomic E-state index is 0.00875. The van der Waals surface area contributed by atoms with Gasteiger partial charge in [0.15, 0.2) is 0 Å². The number of benzene rings is 1. The summed E-state index contributed by atoms with van der Waals surface area (Å²) in [5, 5.41) is 3.26. The molecule has 0 aliphatic carbocycles. The number of hydrogen-bond donors (Lipinski definition) is 1. The summed E-state index contributed by atoms with van der Waals surface area (Å²) >= 11 is 0. The van der Waals surface area contributed by atoms with Gasteiger partial charge in [-0.25, -0.2) is 8.78 Å². The van der Waals surface area contributed by atoms with Crippen LogP contribution in [-0.2, 0) is 6.42 Å². The molecule has 0 aromatic heterocycles. The Morgan fingerprint density at radius 1 is 1.21 bits per heavy atom. The molecule has 0 amide bonds. The molecular weight excluding hydrogens is 248 g/mol. The molecule has 1 aromatic rings. The summed E-state index contributed by atoms with van der Waals surface area (Å²) in [4.78, 5) is 0. The number of halogens is 2. The minimum Gasteiger partial charge on any atom is -0.497 e. The topological polar surface area (TPSA) is 21.3 Å². The first-order chi connectivity index (χ1) is 8.89. The van der Waals surface area contributed by atoms with Gasteiger partial charge >= 0.3 is 0 Å². The molecule has 1 rings (SSSR count). The third-order valence-corrected chi connectivity index (χ3v) is 3.26. The van der Waals surface area contributed by atoms with Crippen molar-refractivity contribution >= 4 is 0 Å². The molecular formula is C15H23F2NO. The standard InChI is InChI=1S/C15H23F2NO/c1-5-18-10-15(2,3)7-6-12-13(16)8-11(19-4)9-14(12)17/h8-9,18H,5-7,10H2,1-4H3. The van der Waals surface area contributed by atoms with Crippen LogP contribution in [0.15, 0.2) is 12.1 Å². The molecule has 4 heteroatoms. The van der Waals surface area contributed by atoms with E-state index in [9.17, 15) is 8.78 Å². The molecule has 2 nitrogen and oxygen atoms in total. The zero-order valence-electron chi connectivity index (χ0n) is 12.1. The molecule has 0 bridgehead atoms. The molecule has 0 radical (unpaired) electrons. The molecule has 1 N–H and O–H groups in total. The van der Waals surface area contributed by atoms with Crippen LogP contribution in [0.4, 0.5) is 8.78 Å². The highest BCUT2D eigenvalue weighted by Gasteiger charge is 2.20. The average Bonchev–Trinajstić information content (AvgIpc) is 2.35. The Bertz CT molecular complexity index is 396. The maximum Gasteiger partial charge on any atom is 0.133 e. The smallest absolute Gasteiger partial charge is 0.133 e. The maximum absolute atomic E-state index is 13.8. The van der Waals surface area contributed by atoms with Gasteiger partial charge in [0.2, 0.25) is 0 Å². The van der Waals surface area contributed by atoms with Gasteiger partial charge in [0.25, 0.3) is 0 Å². The highest BCUT2D eigenvalue weighted by atomic mass is 19.1. The van der Waals surface area contributed by atoms with Crippen LogP contribution in [-0.4, -0.2) is 20.2 Å². The highest BCUT2D eigenvalue weighted by Crippen LogP contribution is 2.26. The van der Waals surface area contributed by atoms with Gasteiger partial charge in [-0.05, 0) is 24.8 Å². The number of ether oxygens (including phenoxy) is 1. The summed E-state index contributed by atoms with van der Waals surface area (Å²) in [5.41, 5.74) is 0.153. The second-order valence-corrected chi connectivity index (χ2v) is 5.51. The summed E-state index contributed by atoms with van der Waals surface area (Å²) in [6.45, 7) is 7.96. The normalized spacial score (nSPS) is 11.7. The third kappa shape index (κ3) is 4.78. The number of nitrogens with one attached hydrogen (secondary N) is 1. The lowest BCUT2D eigenvalue weighted by molar-refractivity contribution is 0.314. The molecule has 108 valence electrons. The molecule has 0 saturated carbocycles. The van der Waals surface area contributed by atoms with Crippen molar-refractivity contribution in [2.45, 2.75) is 33.6 Å². The van der Waals surface area contributed by atoms with E-state index >= 15 is 0 Å². The summed E-state index contributed by atoms with van der Waals surface area (Å²) in [6, 6.07) is 2.46. The number of rotatable bonds is 7. The molecule has 19 heavy (non-hydrogen) atoms. The predicted molar refractivity (Wildman–Crippen MR) is 73.6 cm³/mol. The average molecular weight is 271 g/mol. The number of methoxy groups -OCH3 is 1. The van der Waals surface area contributed by atoms with E-state index in [1.165, 1.54) is 19.2 Å². The van der Waals surface area contributed by atoms with E-state index in [1.54, 1.807) is 0 Å². The van der Waals surface area contributed by atoms with Crippen LogP contribution in [0.5, 0.6) is 5.75 Å². The third-order valence-electron chi connectivity index (χ3n) is 3.26. The fraction of sp³-hybridized carbons (Fsp3) is 0.600. The maximum atomic E-state index is 13.8. The Morgan fingerprint density at radius 2 is 1.79 bits per heavy atom. The Labute approximate surface area is 114 Å². The van der Waals surface area contributed by atoms with Crippen LogP contribution in [0, 0.1) is 17.0 Å². The van der Waals surface area contributed by atoms with E-state index in [-0.39, 0.29) is 16.7 Å². The Kier molecular flexibility index (Phi) is 5.73. The fourth-order valence-corrected chi connectivity index (χ4v) is 1.95. The van der Waals surface area contributed by atoms with E-state index in [2.05, 4.69) is 19.2 Å². The van der Waals surface area contributed by atoms with Gasteiger partial charge in [-0.2, -0.15) is 0 Å². The first-order valence-corrected chi connectivity index (χ1v) is 6.62. The van der Waals surface area contributed by atoms with E-state index in [0.29, 0.717) is 6.42 Å². The van der Waals surface area contributed by atoms with Gasteiger partial charge < -0.3 is 10.1 Å². The molecule has 0 saturated heterocycles. The van der Waals surface area contributed by atoms with Crippen LogP contribution >= 0.6 is 0 Å². The lowest BCUT2D eigenvalue weighted by Crippen LogP contribution is -2.29. The number of hydrogen-bond acceptors (Lipinski definition) is 2. The van der Waals surface area contributed by atoms with Gasteiger partial charge in [-0.3, -0.25) is 0 Å². The largest absolute Gasteiger partial charge is 0.497 e. The zero-order chi connectivity index (χ0) is 14.5. The zero-order valence-corrected chi connectivity index (χ0v) is 12.1. The van der Waals surface area contributed by atoms with Crippen molar-refractivity contribution in [3.8, 4) is 5.75 Å². The Morgan fingerprint density at radius 3 is 2.26 bits per heavy atom. The van der Waals surface area contributed by atoms with E-state index in [4.69, 9.17) is 4.74 Å². The molecule has 0 fully saturated rings. The SMILES string of the molecule is CCNCC(C)(C)CCc1c(F)cc(OC)cc1F. The van der Waals surface area contributed by atoms with Crippen LogP contribution in [0.3, 0.4) is 0 Å². The van der Waals surface area contributed by atoms with Crippen molar-refractivity contribution < 1.29 is 13.5 Å². The summed E-state index contributed by atoms with van der Waals surface area (Å²) in [6.07, 6.45) is 1.11. The van der Waals surface area contributed by atoms with E-state index < -0.39 is 11.6 Å². The predicted octanol–water partition coefficient (Wildman–Crippen LogP) is 3.54. The summed E-state index contributed by atoms with van der Waals surface area (Å²) in [5.74, 6) is -0.849. The molecule has 0 aliphatic rings. The fourth-order valence-electron chi connectivity index (χ4n) is 1.95. The van der Waals surface area contributed by atoms with Crippen molar-refractivity contribution in [1.29, 1.82) is 0 Å². The van der Waals surface area contributed by atoms with Crippen LogP contribution in [0.2, 0.25) is 0 Å². The molecule has 0 atom stereocenters. The molecule has 0 spiro atoms. The van der Waals surface area contributed by atoms with Crippen LogP contribution < -0.4 is 10.1 Å². The second-order valence-electron chi connectivity index (χ2n) is 5.51.